The topological polar surface area (TPSA) is 108 Å². The fourth-order valence-electron chi connectivity index (χ4n) is 3.22. The summed E-state index contributed by atoms with van der Waals surface area (Å²) in [5.41, 5.74) is 0.686. The zero-order valence-corrected chi connectivity index (χ0v) is 19.6. The van der Waals surface area contributed by atoms with Crippen LogP contribution in [0.4, 0.5) is 0 Å². The molecule has 2 N–H and O–H groups in total. The smallest absolute Gasteiger partial charge is 0.309 e. The number of carbonyl (C=O) groups excluding carboxylic acids is 3. The third kappa shape index (κ3) is 8.79. The Labute approximate surface area is 185 Å². The fourth-order valence-corrected chi connectivity index (χ4v) is 3.22. The molecule has 0 aliphatic carbocycles. The van der Waals surface area contributed by atoms with Crippen molar-refractivity contribution in [2.75, 3.05) is 7.05 Å². The second-order valence-electron chi connectivity index (χ2n) is 9.25. The SMILES string of the molecule is CNC(=O)[C@H](Cc1ccc(C#N)cc1)NC(=O)[C@H](CC(C)C)C(C)C(=O)OC(C)(C)C. The maximum Gasteiger partial charge on any atom is 0.309 e. The van der Waals surface area contributed by atoms with E-state index in [4.69, 9.17) is 10.00 Å². The molecule has 0 saturated heterocycles. The van der Waals surface area contributed by atoms with Crippen LogP contribution in [0, 0.1) is 29.1 Å². The molecule has 3 atom stereocenters. The van der Waals surface area contributed by atoms with Crippen LogP contribution in [0.2, 0.25) is 0 Å². The van der Waals surface area contributed by atoms with Crippen molar-refractivity contribution in [1.82, 2.24) is 10.6 Å². The molecular weight excluding hydrogens is 394 g/mol. The van der Waals surface area contributed by atoms with E-state index in [0.717, 1.165) is 5.56 Å². The largest absolute Gasteiger partial charge is 0.460 e. The standard InChI is InChI=1S/C24H35N3O4/c1-15(2)12-19(16(3)23(30)31-24(4,5)6)21(28)27-20(22(29)26-7)13-17-8-10-18(14-25)11-9-17/h8-11,15-16,19-20H,12-13H2,1-7H3,(H,26,29)(H,27,28)/t16?,19-,20+/m1/s1. The van der Waals surface area contributed by atoms with E-state index in [1.165, 1.54) is 7.05 Å². The van der Waals surface area contributed by atoms with Crippen LogP contribution in [0.25, 0.3) is 0 Å². The summed E-state index contributed by atoms with van der Waals surface area (Å²) in [5, 5.41) is 14.4. The van der Waals surface area contributed by atoms with E-state index < -0.39 is 29.4 Å². The van der Waals surface area contributed by atoms with Gasteiger partial charge in [0.2, 0.25) is 11.8 Å². The monoisotopic (exact) mass is 429 g/mol. The molecule has 7 heteroatoms. The Morgan fingerprint density at radius 3 is 2.10 bits per heavy atom. The van der Waals surface area contributed by atoms with Gasteiger partial charge in [-0.3, -0.25) is 14.4 Å². The van der Waals surface area contributed by atoms with Gasteiger partial charge in [-0.05, 0) is 50.8 Å². The molecule has 1 aromatic carbocycles. The number of nitrogens with one attached hydrogen (secondary N) is 2. The Kier molecular flexibility index (Phi) is 9.70. The van der Waals surface area contributed by atoms with Gasteiger partial charge in [0, 0.05) is 13.5 Å². The number of carbonyl (C=O) groups is 3. The van der Waals surface area contributed by atoms with Crippen LogP contribution < -0.4 is 10.6 Å². The van der Waals surface area contributed by atoms with Crippen molar-refractivity contribution in [1.29, 1.82) is 5.26 Å². The Balaban J connectivity index is 3.04. The number of hydrogen-bond acceptors (Lipinski definition) is 5. The minimum Gasteiger partial charge on any atom is -0.460 e. The quantitative estimate of drug-likeness (QED) is 0.587. The van der Waals surface area contributed by atoms with Crippen molar-refractivity contribution in [2.45, 2.75) is 66.0 Å². The molecule has 0 fully saturated rings. The highest BCUT2D eigenvalue weighted by molar-refractivity contribution is 5.90. The maximum absolute atomic E-state index is 13.2. The number of nitriles is 1. The number of nitrogens with zero attached hydrogens (tertiary/aromatic N) is 1. The van der Waals surface area contributed by atoms with Gasteiger partial charge in [0.15, 0.2) is 0 Å². The maximum atomic E-state index is 13.2. The average Bonchev–Trinajstić information content (AvgIpc) is 2.69. The Hall–Kier alpha value is -2.88. The number of amides is 2. The van der Waals surface area contributed by atoms with E-state index in [2.05, 4.69) is 16.7 Å². The summed E-state index contributed by atoms with van der Waals surface area (Å²) in [6.07, 6.45) is 0.760. The third-order valence-corrected chi connectivity index (χ3v) is 4.85. The lowest BCUT2D eigenvalue weighted by Crippen LogP contribution is -2.50. The highest BCUT2D eigenvalue weighted by Gasteiger charge is 2.35. The van der Waals surface area contributed by atoms with Gasteiger partial charge in [0.25, 0.3) is 0 Å². The molecular formula is C24H35N3O4. The van der Waals surface area contributed by atoms with Gasteiger partial charge < -0.3 is 15.4 Å². The van der Waals surface area contributed by atoms with Crippen LogP contribution in [0.1, 0.15) is 59.1 Å². The van der Waals surface area contributed by atoms with Crippen molar-refractivity contribution in [2.24, 2.45) is 17.8 Å². The van der Waals surface area contributed by atoms with Gasteiger partial charge in [-0.1, -0.05) is 32.9 Å². The number of hydrogen-bond donors (Lipinski definition) is 2. The molecule has 170 valence electrons. The van der Waals surface area contributed by atoms with Crippen molar-refractivity contribution >= 4 is 17.8 Å². The predicted octanol–water partition coefficient (Wildman–Crippen LogP) is 2.97. The first-order valence-electron chi connectivity index (χ1n) is 10.6. The van der Waals surface area contributed by atoms with E-state index in [9.17, 15) is 14.4 Å². The first-order valence-corrected chi connectivity index (χ1v) is 10.6. The van der Waals surface area contributed by atoms with Gasteiger partial charge in [-0.25, -0.2) is 0 Å². The molecule has 0 aromatic heterocycles. The van der Waals surface area contributed by atoms with E-state index >= 15 is 0 Å². The normalized spacial score (nSPS) is 14.2. The molecule has 7 nitrogen and oxygen atoms in total. The van der Waals surface area contributed by atoms with Crippen molar-refractivity contribution in [3.63, 3.8) is 0 Å². The highest BCUT2D eigenvalue weighted by Crippen LogP contribution is 2.24. The summed E-state index contributed by atoms with van der Waals surface area (Å²) in [6, 6.07) is 8.11. The molecule has 0 aliphatic heterocycles. The molecule has 0 bridgehead atoms. The molecule has 31 heavy (non-hydrogen) atoms. The second kappa shape index (κ2) is 11.5. The van der Waals surface area contributed by atoms with E-state index in [1.54, 1.807) is 52.0 Å². The molecule has 1 rings (SSSR count). The van der Waals surface area contributed by atoms with Crippen LogP contribution in [-0.4, -0.2) is 36.5 Å². The number of rotatable bonds is 9. The lowest BCUT2D eigenvalue weighted by molar-refractivity contribution is -0.163. The van der Waals surface area contributed by atoms with Gasteiger partial charge in [0.05, 0.1) is 23.5 Å². The lowest BCUT2D eigenvalue weighted by atomic mass is 9.85. The van der Waals surface area contributed by atoms with Crippen LogP contribution >= 0.6 is 0 Å². The summed E-state index contributed by atoms with van der Waals surface area (Å²) in [5.74, 6) is -2.21. The molecule has 0 saturated carbocycles. The summed E-state index contributed by atoms with van der Waals surface area (Å²) in [7, 11) is 1.51. The summed E-state index contributed by atoms with van der Waals surface area (Å²) in [6.45, 7) is 11.0. The van der Waals surface area contributed by atoms with E-state index in [0.29, 0.717) is 12.0 Å². The van der Waals surface area contributed by atoms with Gasteiger partial charge in [-0.2, -0.15) is 5.26 Å². The molecule has 2 amide bonds. The lowest BCUT2D eigenvalue weighted by Gasteiger charge is -2.28. The van der Waals surface area contributed by atoms with Crippen LogP contribution in [-0.2, 0) is 25.5 Å². The van der Waals surface area contributed by atoms with Crippen LogP contribution in [0.15, 0.2) is 24.3 Å². The Bertz CT molecular complexity index is 804. The first-order chi connectivity index (χ1) is 14.4. The third-order valence-electron chi connectivity index (χ3n) is 4.85. The van der Waals surface area contributed by atoms with E-state index in [1.807, 2.05) is 13.8 Å². The van der Waals surface area contributed by atoms with Crippen LogP contribution in [0.3, 0.4) is 0 Å². The number of esters is 1. The zero-order valence-electron chi connectivity index (χ0n) is 19.6. The van der Waals surface area contributed by atoms with Crippen molar-refractivity contribution in [3.8, 4) is 6.07 Å². The summed E-state index contributed by atoms with van der Waals surface area (Å²) >= 11 is 0. The minimum atomic E-state index is -0.800. The zero-order chi connectivity index (χ0) is 23.8. The molecule has 0 aliphatic rings. The summed E-state index contributed by atoms with van der Waals surface area (Å²) < 4.78 is 5.48. The number of likely N-dealkylation sites (N-methyl/N-ethyl adjacent to an activating group) is 1. The number of benzene rings is 1. The summed E-state index contributed by atoms with van der Waals surface area (Å²) in [4.78, 5) is 38.2. The molecule has 0 radical (unpaired) electrons. The predicted molar refractivity (Wildman–Crippen MR) is 119 cm³/mol. The molecule has 0 heterocycles. The van der Waals surface area contributed by atoms with Gasteiger partial charge >= 0.3 is 5.97 Å². The van der Waals surface area contributed by atoms with Crippen molar-refractivity contribution < 1.29 is 19.1 Å². The number of ether oxygens (including phenoxy) is 1. The Morgan fingerprint density at radius 1 is 1.06 bits per heavy atom. The minimum absolute atomic E-state index is 0.178. The van der Waals surface area contributed by atoms with Gasteiger partial charge in [-0.15, -0.1) is 0 Å². The Morgan fingerprint density at radius 2 is 1.65 bits per heavy atom. The first kappa shape index (κ1) is 26.2. The highest BCUT2D eigenvalue weighted by atomic mass is 16.6. The molecule has 0 spiro atoms. The average molecular weight is 430 g/mol. The molecule has 1 aromatic rings. The second-order valence-corrected chi connectivity index (χ2v) is 9.25. The van der Waals surface area contributed by atoms with E-state index in [-0.39, 0.29) is 24.2 Å². The molecule has 1 unspecified atom stereocenters. The fraction of sp³-hybridized carbons (Fsp3) is 0.583. The van der Waals surface area contributed by atoms with Crippen LogP contribution in [0.5, 0.6) is 0 Å². The van der Waals surface area contributed by atoms with Gasteiger partial charge in [0.1, 0.15) is 11.6 Å². The van der Waals surface area contributed by atoms with Crippen molar-refractivity contribution in [3.05, 3.63) is 35.4 Å².